The number of rotatable bonds is 7. The largest absolute Gasteiger partial charge is 0.396 e. The summed E-state index contributed by atoms with van der Waals surface area (Å²) in [7, 11) is 1.90. The number of aliphatic hydroxyl groups is 1. The molecule has 1 aromatic heterocycles. The Balaban J connectivity index is 2.78. The Hall–Kier alpha value is -1.21. The van der Waals surface area contributed by atoms with Gasteiger partial charge in [0.25, 0.3) is 5.69 Å². The number of aliphatic hydroxyl groups excluding tert-OH is 1. The first-order chi connectivity index (χ1) is 8.99. The second-order valence-corrected chi connectivity index (χ2v) is 5.16. The highest BCUT2D eigenvalue weighted by atomic mass is 79.9. The number of pyridine rings is 1. The standard InChI is InChI=1S/C12H18BrN3O3/c1-9-10(16(18)19)8-14-12(11(9)13)15(2)6-4-3-5-7-17/h8,17H,3-7H2,1-2H3. The van der Waals surface area contributed by atoms with Crippen molar-refractivity contribution in [2.24, 2.45) is 0 Å². The number of unbranched alkanes of at least 4 members (excludes halogenated alkanes) is 2. The Bertz CT molecular complexity index is 454. The van der Waals surface area contributed by atoms with Gasteiger partial charge in [-0.25, -0.2) is 4.98 Å². The van der Waals surface area contributed by atoms with E-state index in [-0.39, 0.29) is 12.3 Å². The molecule has 0 atom stereocenters. The quantitative estimate of drug-likeness (QED) is 0.472. The number of nitrogens with zero attached hydrogens (tertiary/aromatic N) is 3. The van der Waals surface area contributed by atoms with Crippen LogP contribution in [0.1, 0.15) is 24.8 Å². The van der Waals surface area contributed by atoms with E-state index in [0.29, 0.717) is 15.9 Å². The lowest BCUT2D eigenvalue weighted by Crippen LogP contribution is -2.20. The zero-order chi connectivity index (χ0) is 14.4. The number of hydrogen-bond donors (Lipinski definition) is 1. The van der Waals surface area contributed by atoms with Gasteiger partial charge in [0.15, 0.2) is 0 Å². The van der Waals surface area contributed by atoms with Crippen molar-refractivity contribution < 1.29 is 10.0 Å². The Morgan fingerprint density at radius 2 is 2.16 bits per heavy atom. The number of aromatic nitrogens is 1. The van der Waals surface area contributed by atoms with Gasteiger partial charge in [0.05, 0.1) is 9.40 Å². The van der Waals surface area contributed by atoms with Crippen molar-refractivity contribution in [3.8, 4) is 0 Å². The van der Waals surface area contributed by atoms with E-state index >= 15 is 0 Å². The summed E-state index contributed by atoms with van der Waals surface area (Å²) in [4.78, 5) is 16.5. The predicted octanol–water partition coefficient (Wildman–Crippen LogP) is 2.66. The summed E-state index contributed by atoms with van der Waals surface area (Å²) in [5.74, 6) is 0.701. The molecule has 0 amide bonds. The third-order valence-electron chi connectivity index (χ3n) is 2.93. The van der Waals surface area contributed by atoms with Gasteiger partial charge >= 0.3 is 0 Å². The summed E-state index contributed by atoms with van der Waals surface area (Å²) in [5, 5.41) is 19.5. The van der Waals surface area contributed by atoms with E-state index in [1.165, 1.54) is 6.20 Å². The minimum Gasteiger partial charge on any atom is -0.396 e. The summed E-state index contributed by atoms with van der Waals surface area (Å²) in [6.45, 7) is 2.71. The lowest BCUT2D eigenvalue weighted by molar-refractivity contribution is -0.385. The zero-order valence-electron chi connectivity index (χ0n) is 11.1. The average Bonchev–Trinajstić information content (AvgIpc) is 2.37. The molecule has 0 spiro atoms. The van der Waals surface area contributed by atoms with E-state index < -0.39 is 4.92 Å². The molecule has 0 radical (unpaired) electrons. The Morgan fingerprint density at radius 1 is 1.47 bits per heavy atom. The molecule has 0 unspecified atom stereocenters. The van der Waals surface area contributed by atoms with E-state index in [0.717, 1.165) is 25.8 Å². The maximum absolute atomic E-state index is 10.8. The lowest BCUT2D eigenvalue weighted by Gasteiger charge is -2.20. The van der Waals surface area contributed by atoms with Gasteiger partial charge < -0.3 is 10.0 Å². The van der Waals surface area contributed by atoms with Crippen molar-refractivity contribution in [1.82, 2.24) is 4.98 Å². The lowest BCUT2D eigenvalue weighted by atomic mass is 10.2. The van der Waals surface area contributed by atoms with Crippen LogP contribution in [0.2, 0.25) is 0 Å². The first-order valence-corrected chi connectivity index (χ1v) is 6.89. The molecule has 7 heteroatoms. The van der Waals surface area contributed by atoms with Gasteiger partial charge in [0.1, 0.15) is 12.0 Å². The molecule has 1 heterocycles. The highest BCUT2D eigenvalue weighted by molar-refractivity contribution is 9.10. The molecule has 0 aliphatic carbocycles. The van der Waals surface area contributed by atoms with Gasteiger partial charge in [-0.15, -0.1) is 0 Å². The summed E-state index contributed by atoms with van der Waals surface area (Å²) in [6, 6.07) is 0. The van der Waals surface area contributed by atoms with Crippen molar-refractivity contribution >= 4 is 27.4 Å². The second-order valence-electron chi connectivity index (χ2n) is 4.37. The van der Waals surface area contributed by atoms with Gasteiger partial charge in [-0.1, -0.05) is 0 Å². The van der Waals surface area contributed by atoms with Crippen molar-refractivity contribution in [2.45, 2.75) is 26.2 Å². The van der Waals surface area contributed by atoms with Crippen molar-refractivity contribution in [3.63, 3.8) is 0 Å². The van der Waals surface area contributed by atoms with Crippen LogP contribution in [0.4, 0.5) is 11.5 Å². The molecule has 1 N–H and O–H groups in total. The smallest absolute Gasteiger partial charge is 0.291 e. The van der Waals surface area contributed by atoms with Crippen LogP contribution in [0.15, 0.2) is 10.7 Å². The SMILES string of the molecule is Cc1c([N+](=O)[O-])cnc(N(C)CCCCCO)c1Br. The summed E-state index contributed by atoms with van der Waals surface area (Å²) >= 11 is 3.37. The van der Waals surface area contributed by atoms with Crippen LogP contribution in [0.25, 0.3) is 0 Å². The van der Waals surface area contributed by atoms with Crippen LogP contribution in [0, 0.1) is 17.0 Å². The summed E-state index contributed by atoms with van der Waals surface area (Å²) in [6.07, 6.45) is 3.98. The fourth-order valence-corrected chi connectivity index (χ4v) is 2.36. The number of hydrogen-bond acceptors (Lipinski definition) is 5. The number of nitro groups is 1. The first kappa shape index (κ1) is 15.8. The molecular weight excluding hydrogens is 314 g/mol. The average molecular weight is 332 g/mol. The van der Waals surface area contributed by atoms with Crippen LogP contribution in [0.3, 0.4) is 0 Å². The van der Waals surface area contributed by atoms with Crippen LogP contribution < -0.4 is 4.90 Å². The van der Waals surface area contributed by atoms with E-state index in [2.05, 4.69) is 20.9 Å². The van der Waals surface area contributed by atoms with Crippen LogP contribution >= 0.6 is 15.9 Å². The topological polar surface area (TPSA) is 79.5 Å². The maximum atomic E-state index is 10.8. The molecule has 0 fully saturated rings. The fourth-order valence-electron chi connectivity index (χ4n) is 1.75. The van der Waals surface area contributed by atoms with E-state index in [4.69, 9.17) is 5.11 Å². The third-order valence-corrected chi connectivity index (χ3v) is 3.88. The molecule has 0 bridgehead atoms. The molecular formula is C12H18BrN3O3. The highest BCUT2D eigenvalue weighted by Crippen LogP contribution is 2.32. The van der Waals surface area contributed by atoms with Crippen molar-refractivity contribution in [2.75, 3.05) is 25.1 Å². The molecule has 0 aromatic carbocycles. The summed E-state index contributed by atoms with van der Waals surface area (Å²) in [5.41, 5.74) is 0.599. The van der Waals surface area contributed by atoms with Gasteiger partial charge in [-0.2, -0.15) is 0 Å². The normalized spacial score (nSPS) is 10.5. The zero-order valence-corrected chi connectivity index (χ0v) is 12.7. The molecule has 19 heavy (non-hydrogen) atoms. The van der Waals surface area contributed by atoms with Crippen LogP contribution in [-0.2, 0) is 0 Å². The van der Waals surface area contributed by atoms with Gasteiger partial charge in [0, 0.05) is 25.8 Å². The monoisotopic (exact) mass is 331 g/mol. The molecule has 1 aromatic rings. The molecule has 0 aliphatic heterocycles. The van der Waals surface area contributed by atoms with Gasteiger partial charge in [-0.3, -0.25) is 10.1 Å². The van der Waals surface area contributed by atoms with E-state index in [1.54, 1.807) is 6.92 Å². The Labute approximate surface area is 120 Å². The molecule has 1 rings (SSSR count). The van der Waals surface area contributed by atoms with Gasteiger partial charge in [0.2, 0.25) is 0 Å². The Morgan fingerprint density at radius 3 is 2.74 bits per heavy atom. The molecule has 6 nitrogen and oxygen atoms in total. The van der Waals surface area contributed by atoms with E-state index in [9.17, 15) is 10.1 Å². The number of anilines is 1. The molecule has 0 aliphatic rings. The fraction of sp³-hybridized carbons (Fsp3) is 0.583. The van der Waals surface area contributed by atoms with Crippen molar-refractivity contribution in [3.05, 3.63) is 26.3 Å². The van der Waals surface area contributed by atoms with Gasteiger partial charge in [-0.05, 0) is 42.1 Å². The second kappa shape index (κ2) is 7.40. The maximum Gasteiger partial charge on any atom is 0.291 e. The van der Waals surface area contributed by atoms with Crippen molar-refractivity contribution in [1.29, 1.82) is 0 Å². The molecule has 0 saturated heterocycles. The molecule has 106 valence electrons. The highest BCUT2D eigenvalue weighted by Gasteiger charge is 2.18. The predicted molar refractivity (Wildman–Crippen MR) is 77.5 cm³/mol. The Kier molecular flexibility index (Phi) is 6.17. The van der Waals surface area contributed by atoms with Crippen LogP contribution in [-0.4, -0.2) is 35.2 Å². The van der Waals surface area contributed by atoms with E-state index in [1.807, 2.05) is 11.9 Å². The minimum atomic E-state index is -0.432. The first-order valence-electron chi connectivity index (χ1n) is 6.10. The molecule has 0 saturated carbocycles. The van der Waals surface area contributed by atoms with Crippen LogP contribution in [0.5, 0.6) is 0 Å². The summed E-state index contributed by atoms with van der Waals surface area (Å²) < 4.78 is 0.659. The number of halogens is 1. The minimum absolute atomic E-state index is 0.0179. The third kappa shape index (κ3) is 4.14.